The Bertz CT molecular complexity index is 258. The van der Waals surface area contributed by atoms with Crippen LogP contribution in [0.4, 0.5) is 0 Å². The van der Waals surface area contributed by atoms with E-state index in [-0.39, 0.29) is 0 Å². The number of nitrogens with one attached hydrogen (secondary N) is 1. The summed E-state index contributed by atoms with van der Waals surface area (Å²) in [6.45, 7) is 6.97. The standard InChI is InChI=1S/C18H35NO/c1-3-5-12-18(4-2,15-19-16-10-11-16)13-6-8-17-9-7-14-20-17/h16-17,19H,3-15H2,1-2H3. The molecule has 2 nitrogen and oxygen atoms in total. The van der Waals surface area contributed by atoms with E-state index < -0.39 is 0 Å². The first-order chi connectivity index (χ1) is 9.78. The number of rotatable bonds is 11. The molecule has 1 saturated carbocycles. The van der Waals surface area contributed by atoms with E-state index in [1.165, 1.54) is 77.2 Å². The van der Waals surface area contributed by atoms with Gasteiger partial charge in [0.15, 0.2) is 0 Å². The van der Waals surface area contributed by atoms with Crippen LogP contribution in [0.2, 0.25) is 0 Å². The lowest BCUT2D eigenvalue weighted by atomic mass is 9.75. The number of ether oxygens (including phenoxy) is 1. The van der Waals surface area contributed by atoms with Crippen molar-refractivity contribution in [3.8, 4) is 0 Å². The van der Waals surface area contributed by atoms with E-state index in [1.807, 2.05) is 0 Å². The Morgan fingerprint density at radius 3 is 2.50 bits per heavy atom. The van der Waals surface area contributed by atoms with Gasteiger partial charge in [-0.25, -0.2) is 0 Å². The largest absolute Gasteiger partial charge is 0.378 e. The van der Waals surface area contributed by atoms with Crippen LogP contribution >= 0.6 is 0 Å². The van der Waals surface area contributed by atoms with Crippen LogP contribution in [0.15, 0.2) is 0 Å². The summed E-state index contributed by atoms with van der Waals surface area (Å²) < 4.78 is 5.78. The third-order valence-electron chi connectivity index (χ3n) is 5.41. The predicted octanol–water partition coefficient (Wildman–Crippen LogP) is 4.67. The SMILES string of the molecule is CCCCC(CC)(CCCC1CCCO1)CNC1CC1. The van der Waals surface area contributed by atoms with Crippen LogP contribution < -0.4 is 5.32 Å². The van der Waals surface area contributed by atoms with Crippen molar-refractivity contribution in [3.63, 3.8) is 0 Å². The molecule has 2 rings (SSSR count). The highest BCUT2D eigenvalue weighted by Crippen LogP contribution is 2.36. The molecule has 2 atom stereocenters. The number of unbranched alkanes of at least 4 members (excludes halogenated alkanes) is 1. The van der Waals surface area contributed by atoms with E-state index in [4.69, 9.17) is 4.74 Å². The molecule has 0 aromatic rings. The van der Waals surface area contributed by atoms with Gasteiger partial charge in [0.05, 0.1) is 6.10 Å². The average molecular weight is 281 g/mol. The molecule has 1 heterocycles. The van der Waals surface area contributed by atoms with Crippen LogP contribution in [0.3, 0.4) is 0 Å². The molecule has 0 spiro atoms. The zero-order valence-electron chi connectivity index (χ0n) is 13.8. The van der Waals surface area contributed by atoms with Crippen molar-refractivity contribution < 1.29 is 4.74 Å². The molecule has 0 amide bonds. The van der Waals surface area contributed by atoms with E-state index in [0.29, 0.717) is 11.5 Å². The Kier molecular flexibility index (Phi) is 6.83. The fourth-order valence-corrected chi connectivity index (χ4v) is 3.56. The third kappa shape index (κ3) is 5.37. The second-order valence-corrected chi connectivity index (χ2v) is 7.14. The van der Waals surface area contributed by atoms with Gasteiger partial charge in [0.1, 0.15) is 0 Å². The Balaban J connectivity index is 1.75. The van der Waals surface area contributed by atoms with Gasteiger partial charge in [-0.3, -0.25) is 0 Å². The quantitative estimate of drug-likeness (QED) is 0.594. The second-order valence-electron chi connectivity index (χ2n) is 7.14. The highest BCUT2D eigenvalue weighted by molar-refractivity contribution is 4.87. The molecule has 1 N–H and O–H groups in total. The summed E-state index contributed by atoms with van der Waals surface area (Å²) in [5.74, 6) is 0. The van der Waals surface area contributed by atoms with Gasteiger partial charge >= 0.3 is 0 Å². The summed E-state index contributed by atoms with van der Waals surface area (Å²) >= 11 is 0. The molecular formula is C18H35NO. The molecule has 118 valence electrons. The van der Waals surface area contributed by atoms with Crippen LogP contribution in [-0.4, -0.2) is 25.3 Å². The predicted molar refractivity (Wildman–Crippen MR) is 86.1 cm³/mol. The summed E-state index contributed by atoms with van der Waals surface area (Å²) in [4.78, 5) is 0. The maximum absolute atomic E-state index is 5.78. The minimum Gasteiger partial charge on any atom is -0.378 e. The van der Waals surface area contributed by atoms with E-state index in [0.717, 1.165) is 12.6 Å². The molecule has 0 aromatic carbocycles. The van der Waals surface area contributed by atoms with Crippen molar-refractivity contribution in [2.24, 2.45) is 5.41 Å². The van der Waals surface area contributed by atoms with Gasteiger partial charge in [-0.1, -0.05) is 33.1 Å². The first-order valence-corrected chi connectivity index (χ1v) is 9.13. The summed E-state index contributed by atoms with van der Waals surface area (Å²) in [6, 6.07) is 0.848. The maximum Gasteiger partial charge on any atom is 0.0576 e. The van der Waals surface area contributed by atoms with Crippen molar-refractivity contribution in [1.29, 1.82) is 0 Å². The van der Waals surface area contributed by atoms with Gasteiger partial charge in [0.25, 0.3) is 0 Å². The zero-order valence-corrected chi connectivity index (χ0v) is 13.8. The smallest absolute Gasteiger partial charge is 0.0576 e. The van der Waals surface area contributed by atoms with Crippen molar-refractivity contribution in [2.45, 2.75) is 96.6 Å². The maximum atomic E-state index is 5.78. The van der Waals surface area contributed by atoms with Gasteiger partial charge in [0, 0.05) is 19.2 Å². The Hall–Kier alpha value is -0.0800. The van der Waals surface area contributed by atoms with E-state index in [9.17, 15) is 0 Å². The molecule has 2 aliphatic rings. The third-order valence-corrected chi connectivity index (χ3v) is 5.41. The van der Waals surface area contributed by atoms with Crippen molar-refractivity contribution in [1.82, 2.24) is 5.32 Å². The van der Waals surface area contributed by atoms with E-state index in [1.54, 1.807) is 0 Å². The normalized spacial score (nSPS) is 25.8. The van der Waals surface area contributed by atoms with Gasteiger partial charge in [-0.05, 0) is 56.8 Å². The van der Waals surface area contributed by atoms with Crippen LogP contribution in [-0.2, 0) is 4.74 Å². The molecule has 1 saturated heterocycles. The van der Waals surface area contributed by atoms with Gasteiger partial charge in [0.2, 0.25) is 0 Å². The van der Waals surface area contributed by atoms with Crippen molar-refractivity contribution in [3.05, 3.63) is 0 Å². The molecule has 0 bridgehead atoms. The minimum atomic E-state index is 0.553. The monoisotopic (exact) mass is 281 g/mol. The van der Waals surface area contributed by atoms with Gasteiger partial charge < -0.3 is 10.1 Å². The molecular weight excluding hydrogens is 246 g/mol. The fourth-order valence-electron chi connectivity index (χ4n) is 3.56. The minimum absolute atomic E-state index is 0.553. The first-order valence-electron chi connectivity index (χ1n) is 9.13. The molecule has 2 fully saturated rings. The van der Waals surface area contributed by atoms with Gasteiger partial charge in [-0.15, -0.1) is 0 Å². The number of hydrogen-bond donors (Lipinski definition) is 1. The first kappa shape index (κ1) is 16.3. The van der Waals surface area contributed by atoms with Crippen LogP contribution in [0, 0.1) is 5.41 Å². The Morgan fingerprint density at radius 1 is 1.10 bits per heavy atom. The molecule has 0 radical (unpaired) electrons. The summed E-state index contributed by atoms with van der Waals surface area (Å²) in [5.41, 5.74) is 0.553. The summed E-state index contributed by atoms with van der Waals surface area (Å²) in [5, 5.41) is 3.80. The van der Waals surface area contributed by atoms with Crippen LogP contribution in [0.25, 0.3) is 0 Å². The van der Waals surface area contributed by atoms with Crippen molar-refractivity contribution >= 4 is 0 Å². The fraction of sp³-hybridized carbons (Fsp3) is 1.00. The lowest BCUT2D eigenvalue weighted by Crippen LogP contribution is -2.35. The molecule has 1 aliphatic carbocycles. The Labute approximate surface area is 126 Å². The van der Waals surface area contributed by atoms with E-state index >= 15 is 0 Å². The lowest BCUT2D eigenvalue weighted by Gasteiger charge is -2.34. The van der Waals surface area contributed by atoms with Crippen LogP contribution in [0.1, 0.15) is 84.5 Å². The van der Waals surface area contributed by atoms with E-state index in [2.05, 4.69) is 19.2 Å². The average Bonchev–Trinajstić information content (AvgIpc) is 3.17. The molecule has 1 aliphatic heterocycles. The highest BCUT2D eigenvalue weighted by Gasteiger charge is 2.30. The summed E-state index contributed by atoms with van der Waals surface area (Å²) in [6.07, 6.45) is 15.5. The van der Waals surface area contributed by atoms with Gasteiger partial charge in [-0.2, -0.15) is 0 Å². The van der Waals surface area contributed by atoms with Crippen molar-refractivity contribution in [2.75, 3.05) is 13.2 Å². The highest BCUT2D eigenvalue weighted by atomic mass is 16.5. The summed E-state index contributed by atoms with van der Waals surface area (Å²) in [7, 11) is 0. The topological polar surface area (TPSA) is 21.3 Å². The molecule has 20 heavy (non-hydrogen) atoms. The second kappa shape index (κ2) is 8.38. The zero-order chi connectivity index (χ0) is 14.3. The Morgan fingerprint density at radius 2 is 1.90 bits per heavy atom. The van der Waals surface area contributed by atoms with Crippen LogP contribution in [0.5, 0.6) is 0 Å². The number of hydrogen-bond acceptors (Lipinski definition) is 2. The molecule has 2 heteroatoms. The molecule has 0 aromatic heterocycles. The molecule has 2 unspecified atom stereocenters. The lowest BCUT2D eigenvalue weighted by molar-refractivity contribution is 0.0953.